The van der Waals surface area contributed by atoms with E-state index in [1.807, 2.05) is 72.8 Å². The summed E-state index contributed by atoms with van der Waals surface area (Å²) in [5.74, 6) is 1.02. The zero-order valence-electron chi connectivity index (χ0n) is 44.0. The number of furan rings is 2. The van der Waals surface area contributed by atoms with Gasteiger partial charge in [-0.1, -0.05) is 140 Å². The third kappa shape index (κ3) is 8.07. The van der Waals surface area contributed by atoms with E-state index in [4.69, 9.17) is 22.0 Å². The number of imidazole rings is 1. The Hall–Kier alpha value is -6.59. The normalized spacial score (nSPS) is 13.6. The molecule has 0 saturated heterocycles. The summed E-state index contributed by atoms with van der Waals surface area (Å²) in [6.07, 6.45) is 1.78. The molecular weight excluding hydrogens is 987 g/mol. The topological polar surface area (TPSA) is 57.0 Å². The fourth-order valence-corrected chi connectivity index (χ4v) is 8.87. The number of benzene rings is 7. The van der Waals surface area contributed by atoms with Gasteiger partial charge in [0.2, 0.25) is 0 Å². The summed E-state index contributed by atoms with van der Waals surface area (Å²) in [6, 6.07) is 51.9. The van der Waals surface area contributed by atoms with Crippen LogP contribution in [0.1, 0.15) is 96.3 Å². The van der Waals surface area contributed by atoms with Crippen LogP contribution in [0.4, 0.5) is 0 Å². The number of aromatic nitrogens is 3. The second kappa shape index (κ2) is 17.7. The van der Waals surface area contributed by atoms with Crippen molar-refractivity contribution < 1.29 is 37.2 Å². The molecule has 0 fully saturated rings. The van der Waals surface area contributed by atoms with Crippen molar-refractivity contribution in [2.75, 3.05) is 0 Å². The Morgan fingerprint density at radius 3 is 2.08 bits per heavy atom. The van der Waals surface area contributed by atoms with E-state index in [0.717, 1.165) is 44.3 Å². The van der Waals surface area contributed by atoms with Gasteiger partial charge in [-0.3, -0.25) is 4.98 Å². The van der Waals surface area contributed by atoms with Crippen LogP contribution in [0.5, 0.6) is 0 Å². The second-order valence-electron chi connectivity index (χ2n) is 18.4. The molecule has 11 rings (SSSR count). The molecule has 5 nitrogen and oxygen atoms in total. The van der Waals surface area contributed by atoms with Crippen molar-refractivity contribution in [3.8, 4) is 39.5 Å². The minimum atomic E-state index is -2.41. The molecule has 331 valence electrons. The van der Waals surface area contributed by atoms with Gasteiger partial charge in [0.05, 0.1) is 22.4 Å². The summed E-state index contributed by atoms with van der Waals surface area (Å²) in [4.78, 5) is 9.59. The van der Waals surface area contributed by atoms with Gasteiger partial charge in [-0.05, 0) is 99.3 Å². The molecule has 0 unspecified atom stereocenters. The van der Waals surface area contributed by atoms with Crippen molar-refractivity contribution in [1.82, 2.24) is 14.5 Å². The first-order chi connectivity index (χ1) is 33.8. The number of hydrogen-bond acceptors (Lipinski definition) is 4. The summed E-state index contributed by atoms with van der Waals surface area (Å²) in [6.45, 7) is 10.9. The first-order valence-corrected chi connectivity index (χ1v) is 22.2. The Bertz CT molecular complexity index is 3750. The minimum Gasteiger partial charge on any atom is -0.501 e. The largest absolute Gasteiger partial charge is 0.501 e. The molecular formula is C60H53IrN3O2-2. The molecule has 6 heteroatoms. The van der Waals surface area contributed by atoms with E-state index in [9.17, 15) is 0 Å². The van der Waals surface area contributed by atoms with E-state index in [-0.39, 0.29) is 42.9 Å². The van der Waals surface area contributed by atoms with Gasteiger partial charge >= 0.3 is 0 Å². The quantitative estimate of drug-likeness (QED) is 0.156. The van der Waals surface area contributed by atoms with Gasteiger partial charge in [0.25, 0.3) is 0 Å². The van der Waals surface area contributed by atoms with Gasteiger partial charge in [-0.15, -0.1) is 53.1 Å². The Morgan fingerprint density at radius 1 is 0.652 bits per heavy atom. The van der Waals surface area contributed by atoms with Crippen molar-refractivity contribution in [2.24, 2.45) is 0 Å². The molecule has 0 N–H and O–H groups in total. The number of aryl methyl sites for hydroxylation is 2. The second-order valence-corrected chi connectivity index (χ2v) is 18.4. The number of fused-ring (bicyclic) bond motifs is 7. The number of nitrogens with zero attached hydrogens (tertiary/aromatic N) is 3. The van der Waals surface area contributed by atoms with Crippen molar-refractivity contribution in [1.29, 1.82) is 0 Å². The molecule has 0 saturated carbocycles. The Morgan fingerprint density at radius 2 is 1.36 bits per heavy atom. The molecule has 1 radical (unpaired) electrons. The van der Waals surface area contributed by atoms with E-state index < -0.39 is 13.7 Å². The van der Waals surface area contributed by atoms with Crippen LogP contribution in [0.15, 0.2) is 155 Å². The zero-order chi connectivity index (χ0) is 50.1. The molecule has 0 aliphatic heterocycles. The third-order valence-corrected chi connectivity index (χ3v) is 12.3. The van der Waals surface area contributed by atoms with Crippen molar-refractivity contribution in [2.45, 2.75) is 79.4 Å². The Labute approximate surface area is 409 Å². The zero-order valence-corrected chi connectivity index (χ0v) is 40.4. The molecule has 0 aliphatic rings. The maximum atomic E-state index is 8.53. The fraction of sp³-hybridized carbons (Fsp3) is 0.200. The molecule has 0 bridgehead atoms. The predicted octanol–water partition coefficient (Wildman–Crippen LogP) is 16.7. The van der Waals surface area contributed by atoms with Crippen molar-refractivity contribution >= 4 is 54.9 Å². The van der Waals surface area contributed by atoms with Gasteiger partial charge in [-0.2, -0.15) is 0 Å². The van der Waals surface area contributed by atoms with Crippen LogP contribution in [0, 0.1) is 25.8 Å². The van der Waals surface area contributed by atoms with Crippen LogP contribution in [-0.4, -0.2) is 14.5 Å². The number of rotatable bonds is 6. The maximum absolute atomic E-state index is 8.53. The van der Waals surface area contributed by atoms with E-state index in [2.05, 4.69) is 113 Å². The van der Waals surface area contributed by atoms with E-state index in [0.29, 0.717) is 44.5 Å². The summed E-state index contributed by atoms with van der Waals surface area (Å²) in [5.41, 5.74) is 14.0. The number of para-hydroxylation sites is 3. The summed E-state index contributed by atoms with van der Waals surface area (Å²) < 4.78 is 62.9. The average Bonchev–Trinajstić information content (AvgIpc) is 4.03. The molecule has 11 aromatic rings. The van der Waals surface area contributed by atoms with Gasteiger partial charge in [0, 0.05) is 56.4 Å². The molecule has 7 aromatic carbocycles. The molecule has 0 aliphatic carbocycles. The summed E-state index contributed by atoms with van der Waals surface area (Å²) in [7, 11) is 0. The SMILES string of the molecule is [2H]C([2H])([2H])c1c[c-]c(-c2cc(C(C)(C)C)ccn2)cc1.[2H]C([2H])([2H])c1c[c-]c(-c2nc3ccccc3n2-c2c(C(C)C)cc(-c3ccccc3)cc2C(C)C)c2oc3cc4c(cc3c12)oc1ccccc14.[Ir]. The van der Waals surface area contributed by atoms with Gasteiger partial charge < -0.3 is 18.4 Å². The Balaban J connectivity index is 0.000000257. The summed E-state index contributed by atoms with van der Waals surface area (Å²) >= 11 is 0. The molecule has 0 amide bonds. The predicted molar refractivity (Wildman–Crippen MR) is 270 cm³/mol. The van der Waals surface area contributed by atoms with Gasteiger partial charge in [-0.25, -0.2) is 0 Å². The van der Waals surface area contributed by atoms with Crippen molar-refractivity contribution in [3.05, 3.63) is 186 Å². The smallest absolute Gasteiger partial charge is 0.136 e. The maximum Gasteiger partial charge on any atom is 0.136 e. The van der Waals surface area contributed by atoms with Crippen LogP contribution < -0.4 is 0 Å². The molecule has 0 spiro atoms. The van der Waals surface area contributed by atoms with Crippen LogP contribution in [0.3, 0.4) is 0 Å². The average molecular weight is 1050 g/mol. The minimum absolute atomic E-state index is 0. The van der Waals surface area contributed by atoms with E-state index in [1.54, 1.807) is 24.4 Å². The van der Waals surface area contributed by atoms with Crippen LogP contribution >= 0.6 is 0 Å². The van der Waals surface area contributed by atoms with Gasteiger partial charge in [0.15, 0.2) is 0 Å². The number of pyridine rings is 1. The fourth-order valence-electron chi connectivity index (χ4n) is 8.87. The van der Waals surface area contributed by atoms with E-state index >= 15 is 0 Å². The first-order valence-electron chi connectivity index (χ1n) is 25.2. The standard InChI is InChI=1S/C44H35N2O2.C16H18N.Ir/c1-25(2)32-21-29(28-13-7-6-8-14-28)22-33(26(3)4)42(32)46-37-17-11-10-16-36(37)45-44(46)31-20-19-27(5)41-35-24-39-34(23-40(35)48-43(31)41)30-15-9-12-18-38(30)47-39;1-12-5-7-13(8-6-12)15-11-14(9-10-17-15)16(2,3)4;/h6-19,21-26H,1-5H3;5-7,9-11H,1-4H3;/q2*-1;/i5D3;1D3;. The molecule has 4 heterocycles. The van der Waals surface area contributed by atoms with Crippen LogP contribution in [0.25, 0.3) is 94.4 Å². The first kappa shape index (κ1) is 37.6. The molecule has 0 atom stereocenters. The van der Waals surface area contributed by atoms with Crippen molar-refractivity contribution in [3.63, 3.8) is 0 Å². The monoisotopic (exact) mass is 1050 g/mol. The van der Waals surface area contributed by atoms with E-state index in [1.165, 1.54) is 33.9 Å². The molecule has 4 aromatic heterocycles. The summed E-state index contributed by atoms with van der Waals surface area (Å²) in [5, 5.41) is 3.08. The van der Waals surface area contributed by atoms with Gasteiger partial charge in [0.1, 0.15) is 16.7 Å². The molecule has 66 heavy (non-hydrogen) atoms. The Kier molecular flexibility index (Phi) is 10.1. The number of hydrogen-bond donors (Lipinski definition) is 0. The third-order valence-electron chi connectivity index (χ3n) is 12.3. The van der Waals surface area contributed by atoms with Crippen LogP contribution in [0.2, 0.25) is 0 Å². The van der Waals surface area contributed by atoms with Crippen LogP contribution in [-0.2, 0) is 25.5 Å².